The van der Waals surface area contributed by atoms with E-state index in [1.54, 1.807) is 6.07 Å². The summed E-state index contributed by atoms with van der Waals surface area (Å²) in [7, 11) is 0. The number of hydrogen-bond acceptors (Lipinski definition) is 2. The molecule has 0 saturated carbocycles. The summed E-state index contributed by atoms with van der Waals surface area (Å²) in [5, 5.41) is 9.72. The van der Waals surface area contributed by atoms with E-state index in [1.165, 1.54) is 0 Å². The van der Waals surface area contributed by atoms with Crippen molar-refractivity contribution in [3.8, 4) is 5.75 Å². The maximum atomic E-state index is 9.72. The van der Waals surface area contributed by atoms with Crippen LogP contribution < -0.4 is 5.73 Å². The van der Waals surface area contributed by atoms with Crippen LogP contribution in [-0.2, 0) is 0 Å². The maximum Gasteiger partial charge on any atom is 0.135 e. The zero-order valence-electron chi connectivity index (χ0n) is 7.63. The first-order valence-electron chi connectivity index (χ1n) is 4.00. The van der Waals surface area contributed by atoms with Crippen molar-refractivity contribution in [3.05, 3.63) is 26.6 Å². The molecular formula is C9H12Br2ClNO. The Balaban J connectivity index is 0.00000169. The van der Waals surface area contributed by atoms with Crippen LogP contribution in [0.4, 0.5) is 0 Å². The summed E-state index contributed by atoms with van der Waals surface area (Å²) < 4.78 is 1.53. The Morgan fingerprint density at radius 3 is 2.36 bits per heavy atom. The number of halogens is 3. The molecule has 2 nitrogen and oxygen atoms in total. The van der Waals surface area contributed by atoms with E-state index >= 15 is 0 Å². The van der Waals surface area contributed by atoms with Crippen LogP contribution in [0.15, 0.2) is 21.1 Å². The normalized spacial score (nSPS) is 12.0. The van der Waals surface area contributed by atoms with E-state index in [0.717, 1.165) is 16.5 Å². The molecule has 0 aromatic heterocycles. The molecule has 1 rings (SSSR count). The minimum Gasteiger partial charge on any atom is -0.506 e. The van der Waals surface area contributed by atoms with Crippen LogP contribution in [0.1, 0.15) is 24.9 Å². The van der Waals surface area contributed by atoms with Gasteiger partial charge in [-0.1, -0.05) is 22.9 Å². The van der Waals surface area contributed by atoms with Gasteiger partial charge in [-0.2, -0.15) is 0 Å². The third-order valence-electron chi connectivity index (χ3n) is 1.93. The van der Waals surface area contributed by atoms with Crippen molar-refractivity contribution in [2.24, 2.45) is 5.73 Å². The molecule has 1 atom stereocenters. The topological polar surface area (TPSA) is 46.2 Å². The van der Waals surface area contributed by atoms with Crippen LogP contribution in [0.5, 0.6) is 5.75 Å². The van der Waals surface area contributed by atoms with E-state index < -0.39 is 0 Å². The Labute approximate surface area is 107 Å². The second-order valence-corrected chi connectivity index (χ2v) is 4.51. The van der Waals surface area contributed by atoms with Crippen molar-refractivity contribution < 1.29 is 5.11 Å². The summed E-state index contributed by atoms with van der Waals surface area (Å²) in [5.41, 5.74) is 6.61. The lowest BCUT2D eigenvalue weighted by atomic mass is 10.0. The van der Waals surface area contributed by atoms with Crippen molar-refractivity contribution in [3.63, 3.8) is 0 Å². The van der Waals surface area contributed by atoms with Crippen LogP contribution in [0.3, 0.4) is 0 Å². The molecule has 0 aliphatic rings. The molecule has 14 heavy (non-hydrogen) atoms. The molecule has 80 valence electrons. The lowest BCUT2D eigenvalue weighted by molar-refractivity contribution is 0.456. The lowest BCUT2D eigenvalue weighted by Gasteiger charge is -2.14. The molecular weight excluding hydrogens is 333 g/mol. The Hall–Kier alpha value is 0.230. The van der Waals surface area contributed by atoms with Crippen molar-refractivity contribution in [1.29, 1.82) is 0 Å². The van der Waals surface area contributed by atoms with Crippen LogP contribution in [0.2, 0.25) is 0 Å². The molecule has 1 aromatic carbocycles. The molecule has 0 aliphatic carbocycles. The van der Waals surface area contributed by atoms with E-state index in [9.17, 15) is 5.11 Å². The molecule has 0 saturated heterocycles. The third-order valence-corrected chi connectivity index (χ3v) is 3.26. The van der Waals surface area contributed by atoms with Gasteiger partial charge in [0.1, 0.15) is 5.75 Å². The zero-order valence-corrected chi connectivity index (χ0v) is 11.6. The predicted octanol–water partition coefficient (Wildman–Crippen LogP) is 3.75. The van der Waals surface area contributed by atoms with Gasteiger partial charge in [0.15, 0.2) is 0 Å². The number of phenolic OH excluding ortho intramolecular Hbond substituents is 1. The van der Waals surface area contributed by atoms with Gasteiger partial charge in [0.2, 0.25) is 0 Å². The van der Waals surface area contributed by atoms with Crippen molar-refractivity contribution >= 4 is 44.3 Å². The molecule has 1 aromatic rings. The van der Waals surface area contributed by atoms with E-state index in [2.05, 4.69) is 31.9 Å². The largest absolute Gasteiger partial charge is 0.506 e. The molecule has 5 heteroatoms. The number of nitrogens with two attached hydrogens (primary N) is 1. The van der Waals surface area contributed by atoms with Crippen molar-refractivity contribution in [1.82, 2.24) is 0 Å². The Kier molecular flexibility index (Phi) is 6.05. The molecule has 0 unspecified atom stereocenters. The molecule has 0 bridgehead atoms. The van der Waals surface area contributed by atoms with Gasteiger partial charge in [-0.05, 0) is 34.5 Å². The summed E-state index contributed by atoms with van der Waals surface area (Å²) >= 11 is 6.61. The maximum absolute atomic E-state index is 9.72. The summed E-state index contributed by atoms with van der Waals surface area (Å²) in [5.74, 6) is 0.226. The van der Waals surface area contributed by atoms with E-state index in [-0.39, 0.29) is 24.2 Å². The smallest absolute Gasteiger partial charge is 0.135 e. The average molecular weight is 345 g/mol. The van der Waals surface area contributed by atoms with Gasteiger partial charge in [0, 0.05) is 16.1 Å². The average Bonchev–Trinajstić information content (AvgIpc) is 2.12. The van der Waals surface area contributed by atoms with Crippen molar-refractivity contribution in [2.45, 2.75) is 19.4 Å². The second-order valence-electron chi connectivity index (χ2n) is 2.81. The SMILES string of the molecule is CC[C@@H](N)c1c(Br)ccc(Br)c1O.Cl. The fourth-order valence-corrected chi connectivity index (χ4v) is 2.07. The summed E-state index contributed by atoms with van der Waals surface area (Å²) in [6.45, 7) is 1.98. The first-order chi connectivity index (χ1) is 6.07. The first kappa shape index (κ1) is 14.2. The highest BCUT2D eigenvalue weighted by Crippen LogP contribution is 2.37. The molecule has 0 aliphatic heterocycles. The fourth-order valence-electron chi connectivity index (χ4n) is 1.11. The lowest BCUT2D eigenvalue weighted by Crippen LogP contribution is -2.09. The van der Waals surface area contributed by atoms with Gasteiger partial charge in [-0.3, -0.25) is 0 Å². The molecule has 0 spiro atoms. The molecule has 0 fully saturated rings. The van der Waals surface area contributed by atoms with E-state index in [1.807, 2.05) is 13.0 Å². The highest BCUT2D eigenvalue weighted by molar-refractivity contribution is 9.11. The molecule has 0 radical (unpaired) electrons. The van der Waals surface area contributed by atoms with Crippen LogP contribution in [0, 0.1) is 0 Å². The Morgan fingerprint density at radius 2 is 1.86 bits per heavy atom. The summed E-state index contributed by atoms with van der Waals surface area (Å²) in [6.07, 6.45) is 0.794. The van der Waals surface area contributed by atoms with E-state index in [4.69, 9.17) is 5.73 Å². The van der Waals surface area contributed by atoms with Gasteiger partial charge >= 0.3 is 0 Å². The number of hydrogen-bond donors (Lipinski definition) is 2. The molecule has 3 N–H and O–H groups in total. The number of rotatable bonds is 2. The molecule has 0 amide bonds. The van der Waals surface area contributed by atoms with Gasteiger partial charge in [-0.15, -0.1) is 12.4 Å². The zero-order chi connectivity index (χ0) is 10.0. The number of aromatic hydroxyl groups is 1. The number of phenols is 1. The van der Waals surface area contributed by atoms with Crippen LogP contribution in [0.25, 0.3) is 0 Å². The third kappa shape index (κ3) is 2.86. The second kappa shape index (κ2) is 5.95. The van der Waals surface area contributed by atoms with Crippen molar-refractivity contribution in [2.75, 3.05) is 0 Å². The predicted molar refractivity (Wildman–Crippen MR) is 68.0 cm³/mol. The summed E-state index contributed by atoms with van der Waals surface area (Å²) in [6, 6.07) is 3.52. The fraction of sp³-hybridized carbons (Fsp3) is 0.333. The highest BCUT2D eigenvalue weighted by Gasteiger charge is 2.14. The van der Waals surface area contributed by atoms with Gasteiger partial charge < -0.3 is 10.8 Å². The van der Waals surface area contributed by atoms with E-state index in [0.29, 0.717) is 4.47 Å². The van der Waals surface area contributed by atoms with Gasteiger partial charge in [0.05, 0.1) is 4.47 Å². The quantitative estimate of drug-likeness (QED) is 0.857. The van der Waals surface area contributed by atoms with Gasteiger partial charge in [0.25, 0.3) is 0 Å². The molecule has 0 heterocycles. The van der Waals surface area contributed by atoms with Crippen LogP contribution >= 0.6 is 44.3 Å². The first-order valence-corrected chi connectivity index (χ1v) is 5.59. The minimum absolute atomic E-state index is 0. The monoisotopic (exact) mass is 343 g/mol. The standard InChI is InChI=1S/C9H11Br2NO.ClH/c1-2-7(12)8-5(10)3-4-6(11)9(8)13;/h3-4,7,13H,2,12H2,1H3;1H/t7-;/m1./s1. The highest BCUT2D eigenvalue weighted by atomic mass is 79.9. The Bertz CT molecular complexity index is 320. The Morgan fingerprint density at radius 1 is 1.36 bits per heavy atom. The van der Waals surface area contributed by atoms with Gasteiger partial charge in [-0.25, -0.2) is 0 Å². The number of benzene rings is 1. The summed E-state index contributed by atoms with van der Waals surface area (Å²) in [4.78, 5) is 0. The van der Waals surface area contributed by atoms with Crippen LogP contribution in [-0.4, -0.2) is 5.11 Å². The minimum atomic E-state index is -0.133.